The number of carbonyl (C=O) groups excluding carboxylic acids is 2. The van der Waals surface area contributed by atoms with Crippen LogP contribution in [0.15, 0.2) is 34.4 Å². The van der Waals surface area contributed by atoms with Crippen LogP contribution in [0.25, 0.3) is 6.08 Å². The first kappa shape index (κ1) is 13.4. The van der Waals surface area contributed by atoms with Gasteiger partial charge in [-0.3, -0.25) is 4.79 Å². The van der Waals surface area contributed by atoms with E-state index >= 15 is 0 Å². The quantitative estimate of drug-likeness (QED) is 0.687. The van der Waals surface area contributed by atoms with Crippen LogP contribution < -0.4 is 5.32 Å². The van der Waals surface area contributed by atoms with Gasteiger partial charge in [-0.15, -0.1) is 0 Å². The first-order valence-corrected chi connectivity index (χ1v) is 5.65. The van der Waals surface area contributed by atoms with Crippen LogP contribution in [0.5, 0.6) is 0 Å². The van der Waals surface area contributed by atoms with Gasteiger partial charge in [-0.25, -0.2) is 4.79 Å². The van der Waals surface area contributed by atoms with E-state index in [9.17, 15) is 9.59 Å². The van der Waals surface area contributed by atoms with Crippen LogP contribution in [0.1, 0.15) is 12.5 Å². The van der Waals surface area contributed by atoms with Gasteiger partial charge < -0.3 is 10.1 Å². The van der Waals surface area contributed by atoms with E-state index in [0.29, 0.717) is 0 Å². The molecule has 90 valence electrons. The third kappa shape index (κ3) is 4.40. The Labute approximate surface area is 108 Å². The largest absolute Gasteiger partial charge is 0.464 e. The van der Waals surface area contributed by atoms with Crippen molar-refractivity contribution in [2.75, 3.05) is 7.11 Å². The molecule has 0 unspecified atom stereocenters. The van der Waals surface area contributed by atoms with Gasteiger partial charge in [-0.05, 0) is 23.8 Å². The Morgan fingerprint density at radius 3 is 2.35 bits per heavy atom. The molecule has 0 aliphatic carbocycles. The number of ether oxygens (including phenoxy) is 1. The number of amides is 1. The van der Waals surface area contributed by atoms with E-state index in [-0.39, 0.29) is 11.6 Å². The average Bonchev–Trinajstić information content (AvgIpc) is 2.29. The smallest absolute Gasteiger partial charge is 0.354 e. The molecule has 0 heterocycles. The zero-order chi connectivity index (χ0) is 12.8. The summed E-state index contributed by atoms with van der Waals surface area (Å²) in [6.07, 6.45) is 1.56. The molecule has 0 aliphatic rings. The van der Waals surface area contributed by atoms with E-state index in [4.69, 9.17) is 0 Å². The maximum absolute atomic E-state index is 11.4. The van der Waals surface area contributed by atoms with Crippen LogP contribution >= 0.6 is 15.9 Å². The minimum Gasteiger partial charge on any atom is -0.464 e. The van der Waals surface area contributed by atoms with Crippen molar-refractivity contribution in [1.82, 2.24) is 5.32 Å². The molecule has 0 saturated carbocycles. The summed E-state index contributed by atoms with van der Waals surface area (Å²) < 4.78 is 5.52. The van der Waals surface area contributed by atoms with Gasteiger partial charge in [0.25, 0.3) is 0 Å². The summed E-state index contributed by atoms with van der Waals surface area (Å²) in [6, 6.07) is 7.31. The molecular weight excluding hydrogens is 286 g/mol. The number of methoxy groups -OCH3 is 1. The highest BCUT2D eigenvalue weighted by atomic mass is 79.9. The Kier molecular flexibility index (Phi) is 4.90. The summed E-state index contributed by atoms with van der Waals surface area (Å²) in [5.41, 5.74) is 0.907. The fourth-order valence-electron chi connectivity index (χ4n) is 1.17. The van der Waals surface area contributed by atoms with E-state index in [1.807, 2.05) is 24.3 Å². The third-order valence-corrected chi connectivity index (χ3v) is 2.43. The van der Waals surface area contributed by atoms with Gasteiger partial charge in [0.2, 0.25) is 5.91 Å². The van der Waals surface area contributed by atoms with E-state index in [0.717, 1.165) is 10.0 Å². The molecule has 1 amide bonds. The number of benzene rings is 1. The Balaban J connectivity index is 3.00. The fourth-order valence-corrected chi connectivity index (χ4v) is 1.44. The van der Waals surface area contributed by atoms with E-state index in [1.54, 1.807) is 6.08 Å². The molecule has 0 radical (unpaired) electrons. The predicted molar refractivity (Wildman–Crippen MR) is 68.0 cm³/mol. The lowest BCUT2D eigenvalue weighted by Gasteiger charge is -2.05. The number of rotatable bonds is 3. The summed E-state index contributed by atoms with van der Waals surface area (Å²) in [4.78, 5) is 22.4. The summed E-state index contributed by atoms with van der Waals surface area (Å²) in [7, 11) is 1.26. The fraction of sp³-hybridized carbons (Fsp3) is 0.167. The predicted octanol–water partition coefficient (Wildman–Crippen LogP) is 2.10. The number of carbonyl (C=O) groups is 2. The number of hydrogen-bond acceptors (Lipinski definition) is 3. The first-order valence-electron chi connectivity index (χ1n) is 4.86. The maximum Gasteiger partial charge on any atom is 0.354 e. The molecule has 0 spiro atoms. The van der Waals surface area contributed by atoms with Crippen molar-refractivity contribution < 1.29 is 14.3 Å². The molecule has 17 heavy (non-hydrogen) atoms. The molecule has 1 rings (SSSR count). The minimum atomic E-state index is -0.580. The molecule has 0 bridgehead atoms. The second-order valence-electron chi connectivity index (χ2n) is 3.28. The maximum atomic E-state index is 11.4. The van der Waals surface area contributed by atoms with E-state index < -0.39 is 5.97 Å². The molecule has 5 heteroatoms. The second-order valence-corrected chi connectivity index (χ2v) is 4.20. The van der Waals surface area contributed by atoms with Crippen LogP contribution in [-0.2, 0) is 14.3 Å². The van der Waals surface area contributed by atoms with Crippen LogP contribution in [0.4, 0.5) is 0 Å². The average molecular weight is 298 g/mol. The highest BCUT2D eigenvalue weighted by molar-refractivity contribution is 9.10. The van der Waals surface area contributed by atoms with Crippen molar-refractivity contribution in [1.29, 1.82) is 0 Å². The van der Waals surface area contributed by atoms with Gasteiger partial charge in [-0.2, -0.15) is 0 Å². The summed E-state index contributed by atoms with van der Waals surface area (Å²) in [5, 5.41) is 2.43. The van der Waals surface area contributed by atoms with Gasteiger partial charge in [-0.1, -0.05) is 28.1 Å². The molecule has 0 atom stereocenters. The zero-order valence-electron chi connectivity index (χ0n) is 9.49. The van der Waals surface area contributed by atoms with Gasteiger partial charge in [0, 0.05) is 11.4 Å². The first-order chi connectivity index (χ1) is 8.02. The number of esters is 1. The lowest BCUT2D eigenvalue weighted by atomic mass is 10.2. The Hall–Kier alpha value is -1.62. The van der Waals surface area contributed by atoms with Crippen molar-refractivity contribution in [3.05, 3.63) is 40.0 Å². The SMILES string of the molecule is COC(=O)/C(=C/c1ccc(Br)cc1)NC(C)=O. The topological polar surface area (TPSA) is 55.4 Å². The number of nitrogens with one attached hydrogen (secondary N) is 1. The highest BCUT2D eigenvalue weighted by Crippen LogP contribution is 2.13. The van der Waals surface area contributed by atoms with Gasteiger partial charge in [0.15, 0.2) is 0 Å². The van der Waals surface area contributed by atoms with E-state index in [1.165, 1.54) is 14.0 Å². The molecule has 1 N–H and O–H groups in total. The van der Waals surface area contributed by atoms with Crippen LogP contribution in [0.2, 0.25) is 0 Å². The zero-order valence-corrected chi connectivity index (χ0v) is 11.1. The normalized spacial score (nSPS) is 10.9. The van der Waals surface area contributed by atoms with Gasteiger partial charge in [0.05, 0.1) is 7.11 Å². The highest BCUT2D eigenvalue weighted by Gasteiger charge is 2.10. The monoisotopic (exact) mass is 297 g/mol. The molecule has 0 aliphatic heterocycles. The lowest BCUT2D eigenvalue weighted by molar-refractivity contribution is -0.137. The summed E-state index contributed by atoms with van der Waals surface area (Å²) in [5.74, 6) is -0.901. The van der Waals surface area contributed by atoms with Crippen LogP contribution in [0, 0.1) is 0 Å². The van der Waals surface area contributed by atoms with Crippen molar-refractivity contribution in [3.8, 4) is 0 Å². The van der Waals surface area contributed by atoms with Crippen molar-refractivity contribution in [3.63, 3.8) is 0 Å². The molecule has 0 fully saturated rings. The Bertz CT molecular complexity index is 451. The van der Waals surface area contributed by atoms with E-state index in [2.05, 4.69) is 26.0 Å². The Morgan fingerprint density at radius 2 is 1.88 bits per heavy atom. The number of hydrogen-bond donors (Lipinski definition) is 1. The molecule has 1 aromatic rings. The molecule has 4 nitrogen and oxygen atoms in total. The van der Waals surface area contributed by atoms with Crippen molar-refractivity contribution >= 4 is 33.9 Å². The number of halogens is 1. The standard InChI is InChI=1S/C12H12BrNO3/c1-8(15)14-11(12(16)17-2)7-9-3-5-10(13)6-4-9/h3-7H,1-2H3,(H,14,15)/b11-7-. The summed E-state index contributed by atoms with van der Waals surface area (Å²) in [6.45, 7) is 1.33. The second kappa shape index (κ2) is 6.20. The van der Waals surface area contributed by atoms with Crippen LogP contribution in [-0.4, -0.2) is 19.0 Å². The third-order valence-electron chi connectivity index (χ3n) is 1.90. The van der Waals surface area contributed by atoms with Crippen LogP contribution in [0.3, 0.4) is 0 Å². The molecule has 1 aromatic carbocycles. The molecule has 0 aromatic heterocycles. The Morgan fingerprint density at radius 1 is 1.29 bits per heavy atom. The molecular formula is C12H12BrNO3. The molecule has 0 saturated heterocycles. The van der Waals surface area contributed by atoms with Gasteiger partial charge in [0.1, 0.15) is 5.70 Å². The van der Waals surface area contributed by atoms with Gasteiger partial charge >= 0.3 is 5.97 Å². The minimum absolute atomic E-state index is 0.113. The lowest BCUT2D eigenvalue weighted by Crippen LogP contribution is -2.25. The van der Waals surface area contributed by atoms with Crippen molar-refractivity contribution in [2.45, 2.75) is 6.92 Å². The summed E-state index contributed by atoms with van der Waals surface area (Å²) >= 11 is 3.31. The van der Waals surface area contributed by atoms with Crippen molar-refractivity contribution in [2.24, 2.45) is 0 Å².